The third-order valence-electron chi connectivity index (χ3n) is 6.01. The van der Waals surface area contributed by atoms with E-state index in [1.807, 2.05) is 18.2 Å². The number of aromatic nitrogens is 4. The zero-order chi connectivity index (χ0) is 23.2. The first-order chi connectivity index (χ1) is 15.8. The number of anilines is 1. The van der Waals surface area contributed by atoms with E-state index in [1.54, 1.807) is 20.3 Å². The van der Waals surface area contributed by atoms with Gasteiger partial charge in [0.2, 0.25) is 0 Å². The number of H-pyrrole nitrogens is 1. The molecule has 33 heavy (non-hydrogen) atoms. The van der Waals surface area contributed by atoms with Crippen molar-refractivity contribution in [2.45, 2.75) is 18.9 Å². The normalized spacial score (nSPS) is 16.1. The highest BCUT2D eigenvalue weighted by molar-refractivity contribution is 7.86. The van der Waals surface area contributed by atoms with Crippen molar-refractivity contribution in [3.05, 3.63) is 48.8 Å². The molecule has 3 aromatic heterocycles. The molecule has 0 aliphatic carbocycles. The molecule has 172 valence electrons. The standard InChI is InChI=1S/C22H24FN7O2S/c1-29(2)33(31,32)30-7-5-17(6-8-30)27-21-20-18-10-14(15-9-16(23)12-24-11-15)3-4-19(18)28-22(20)26-13-25-21/h3-4,9-13,17H,5-8H2,1-2H3,(H2,25,26,27,28). The molecule has 0 amide bonds. The maximum Gasteiger partial charge on any atom is 0.281 e. The van der Waals surface area contributed by atoms with Crippen molar-refractivity contribution in [2.24, 2.45) is 0 Å². The molecular formula is C22H24FN7O2S. The largest absolute Gasteiger partial charge is 0.367 e. The number of piperidine rings is 1. The Bertz CT molecular complexity index is 1430. The van der Waals surface area contributed by atoms with Crippen molar-refractivity contribution in [3.63, 3.8) is 0 Å². The van der Waals surface area contributed by atoms with Gasteiger partial charge in [-0.25, -0.2) is 14.4 Å². The molecule has 11 heteroatoms. The second-order valence-electron chi connectivity index (χ2n) is 8.33. The zero-order valence-electron chi connectivity index (χ0n) is 18.3. The quantitative estimate of drug-likeness (QED) is 0.465. The van der Waals surface area contributed by atoms with Crippen LogP contribution in [0.5, 0.6) is 0 Å². The second kappa shape index (κ2) is 8.32. The van der Waals surface area contributed by atoms with Crippen LogP contribution in [-0.4, -0.2) is 70.2 Å². The van der Waals surface area contributed by atoms with Crippen LogP contribution in [0.4, 0.5) is 10.2 Å². The van der Waals surface area contributed by atoms with Gasteiger partial charge in [-0.1, -0.05) is 6.07 Å². The summed E-state index contributed by atoms with van der Waals surface area (Å²) in [5.41, 5.74) is 3.12. The fourth-order valence-electron chi connectivity index (χ4n) is 4.24. The van der Waals surface area contributed by atoms with E-state index in [9.17, 15) is 12.8 Å². The van der Waals surface area contributed by atoms with E-state index in [0.717, 1.165) is 21.9 Å². The molecular weight excluding hydrogens is 445 g/mol. The van der Waals surface area contributed by atoms with Gasteiger partial charge in [0, 0.05) is 55.9 Å². The number of hydrogen-bond donors (Lipinski definition) is 2. The van der Waals surface area contributed by atoms with E-state index in [0.29, 0.717) is 43.0 Å². The summed E-state index contributed by atoms with van der Waals surface area (Å²) in [5.74, 6) is 0.300. The Balaban J connectivity index is 1.45. The Hall–Kier alpha value is -3.15. The Morgan fingerprint density at radius 1 is 1.12 bits per heavy atom. The number of benzene rings is 1. The summed E-state index contributed by atoms with van der Waals surface area (Å²) in [6.45, 7) is 0.883. The first-order valence-electron chi connectivity index (χ1n) is 10.6. The lowest BCUT2D eigenvalue weighted by molar-refractivity contribution is 0.311. The minimum atomic E-state index is -3.41. The molecule has 5 rings (SSSR count). The van der Waals surface area contributed by atoms with Crippen LogP contribution in [0, 0.1) is 5.82 Å². The topological polar surface area (TPSA) is 107 Å². The van der Waals surface area contributed by atoms with Crippen LogP contribution in [0.1, 0.15) is 12.8 Å². The predicted molar refractivity (Wildman–Crippen MR) is 125 cm³/mol. The summed E-state index contributed by atoms with van der Waals surface area (Å²) in [4.78, 5) is 16.1. The van der Waals surface area contributed by atoms with E-state index in [1.165, 1.54) is 27.2 Å². The van der Waals surface area contributed by atoms with E-state index in [2.05, 4.69) is 25.3 Å². The number of rotatable bonds is 5. The minimum Gasteiger partial charge on any atom is -0.367 e. The molecule has 1 aliphatic heterocycles. The van der Waals surface area contributed by atoms with Gasteiger partial charge in [-0.2, -0.15) is 17.0 Å². The van der Waals surface area contributed by atoms with Gasteiger partial charge in [0.1, 0.15) is 23.6 Å². The van der Waals surface area contributed by atoms with Crippen molar-refractivity contribution >= 4 is 38.0 Å². The van der Waals surface area contributed by atoms with E-state index >= 15 is 0 Å². The molecule has 4 aromatic rings. The molecule has 1 aliphatic rings. The average molecular weight is 470 g/mol. The molecule has 9 nitrogen and oxygen atoms in total. The maximum absolute atomic E-state index is 13.7. The summed E-state index contributed by atoms with van der Waals surface area (Å²) in [6.07, 6.45) is 5.65. The van der Waals surface area contributed by atoms with E-state index in [-0.39, 0.29) is 11.9 Å². The van der Waals surface area contributed by atoms with Crippen molar-refractivity contribution in [1.82, 2.24) is 28.5 Å². The summed E-state index contributed by atoms with van der Waals surface area (Å²) in [7, 11) is -0.320. The first kappa shape index (κ1) is 21.7. The summed E-state index contributed by atoms with van der Waals surface area (Å²) in [5, 5.41) is 5.26. The molecule has 2 N–H and O–H groups in total. The highest BCUT2D eigenvalue weighted by Crippen LogP contribution is 2.33. The van der Waals surface area contributed by atoms with Gasteiger partial charge < -0.3 is 10.3 Å². The number of halogens is 1. The zero-order valence-corrected chi connectivity index (χ0v) is 19.1. The lowest BCUT2D eigenvalue weighted by Crippen LogP contribution is -2.46. The van der Waals surface area contributed by atoms with Crippen molar-refractivity contribution in [1.29, 1.82) is 0 Å². The number of nitrogens with zero attached hydrogens (tertiary/aromatic N) is 5. The molecule has 1 fully saturated rings. The third-order valence-corrected chi connectivity index (χ3v) is 7.95. The van der Waals surface area contributed by atoms with E-state index in [4.69, 9.17) is 0 Å². The van der Waals surface area contributed by atoms with Gasteiger partial charge in [-0.05, 0) is 36.6 Å². The van der Waals surface area contributed by atoms with Crippen LogP contribution < -0.4 is 5.32 Å². The SMILES string of the molecule is CN(C)S(=O)(=O)N1CCC(Nc2ncnc3[nH]c4ccc(-c5cncc(F)c5)cc4c23)CC1. The molecule has 0 radical (unpaired) electrons. The monoisotopic (exact) mass is 469 g/mol. The number of pyridine rings is 1. The highest BCUT2D eigenvalue weighted by Gasteiger charge is 2.30. The molecule has 0 atom stereocenters. The van der Waals surface area contributed by atoms with Crippen LogP contribution in [0.2, 0.25) is 0 Å². The smallest absolute Gasteiger partial charge is 0.281 e. The average Bonchev–Trinajstić information content (AvgIpc) is 3.18. The summed E-state index contributed by atoms with van der Waals surface area (Å²) < 4.78 is 41.2. The molecule has 1 saturated heterocycles. The van der Waals surface area contributed by atoms with Crippen LogP contribution in [-0.2, 0) is 10.2 Å². The van der Waals surface area contributed by atoms with Crippen molar-refractivity contribution < 1.29 is 12.8 Å². The van der Waals surface area contributed by atoms with E-state index < -0.39 is 10.2 Å². The molecule has 0 bridgehead atoms. The van der Waals surface area contributed by atoms with Gasteiger partial charge >= 0.3 is 0 Å². The first-order valence-corrected chi connectivity index (χ1v) is 12.0. The lowest BCUT2D eigenvalue weighted by atomic mass is 10.0. The maximum atomic E-state index is 13.7. The van der Waals surface area contributed by atoms with Crippen LogP contribution >= 0.6 is 0 Å². The Morgan fingerprint density at radius 2 is 1.91 bits per heavy atom. The molecule has 4 heterocycles. The lowest BCUT2D eigenvalue weighted by Gasteiger charge is -2.33. The summed E-state index contributed by atoms with van der Waals surface area (Å²) >= 11 is 0. The predicted octanol–water partition coefficient (Wildman–Crippen LogP) is 2.99. The molecule has 0 unspecified atom stereocenters. The van der Waals surface area contributed by atoms with Crippen LogP contribution in [0.25, 0.3) is 33.1 Å². The van der Waals surface area contributed by atoms with Gasteiger partial charge in [-0.3, -0.25) is 4.98 Å². The molecule has 0 saturated carbocycles. The van der Waals surface area contributed by atoms with Crippen molar-refractivity contribution in [3.8, 4) is 11.1 Å². The molecule has 0 spiro atoms. The fourth-order valence-corrected chi connectivity index (χ4v) is 5.37. The minimum absolute atomic E-state index is 0.0808. The van der Waals surface area contributed by atoms with Gasteiger partial charge in [0.25, 0.3) is 10.2 Å². The van der Waals surface area contributed by atoms with Crippen molar-refractivity contribution in [2.75, 3.05) is 32.5 Å². The second-order valence-corrected chi connectivity index (χ2v) is 10.5. The summed E-state index contributed by atoms with van der Waals surface area (Å²) in [6, 6.07) is 7.36. The van der Waals surface area contributed by atoms with Gasteiger partial charge in [0.15, 0.2) is 0 Å². The van der Waals surface area contributed by atoms with Gasteiger partial charge in [-0.15, -0.1) is 0 Å². The van der Waals surface area contributed by atoms with Gasteiger partial charge in [0.05, 0.1) is 11.6 Å². The number of fused-ring (bicyclic) bond motifs is 3. The van der Waals surface area contributed by atoms with Crippen LogP contribution in [0.3, 0.4) is 0 Å². The molecule has 1 aromatic carbocycles. The Morgan fingerprint density at radius 3 is 2.64 bits per heavy atom. The van der Waals surface area contributed by atoms with Crippen LogP contribution in [0.15, 0.2) is 43.0 Å². The Kier molecular flexibility index (Phi) is 5.47. The fraction of sp³-hybridized carbons (Fsp3) is 0.318. The number of aromatic amines is 1. The number of hydrogen-bond acceptors (Lipinski definition) is 6. The third kappa shape index (κ3) is 4.03. The highest BCUT2D eigenvalue weighted by atomic mass is 32.2. The Labute approximate surface area is 190 Å². The number of nitrogens with one attached hydrogen (secondary N) is 2.